The quantitative estimate of drug-likeness (QED) is 0.590. The molecule has 1 aliphatic rings. The fraction of sp³-hybridized carbons (Fsp3) is 0.467. The van der Waals surface area contributed by atoms with Gasteiger partial charge in [0.05, 0.1) is 0 Å². The average molecular weight is 243 g/mol. The summed E-state index contributed by atoms with van der Waals surface area (Å²) >= 11 is 0. The number of fused-ring (bicyclic) bond motifs is 1. The van der Waals surface area contributed by atoms with Crippen LogP contribution in [0.5, 0.6) is 0 Å². The van der Waals surface area contributed by atoms with Gasteiger partial charge >= 0.3 is 6.20 Å². The molecule has 0 spiro atoms. The van der Waals surface area contributed by atoms with Crippen LogP contribution in [0.4, 0.5) is 0 Å². The zero-order valence-corrected chi connectivity index (χ0v) is 11.2. The summed E-state index contributed by atoms with van der Waals surface area (Å²) in [5.74, 6) is 0.0150. The van der Waals surface area contributed by atoms with E-state index in [1.54, 1.807) is 0 Å². The smallest absolute Gasteiger partial charge is 0.392 e. The van der Waals surface area contributed by atoms with Crippen LogP contribution in [0.15, 0.2) is 18.3 Å². The second kappa shape index (κ2) is 4.45. The van der Waals surface area contributed by atoms with Gasteiger partial charge < -0.3 is 5.11 Å². The fourth-order valence-corrected chi connectivity index (χ4v) is 2.96. The van der Waals surface area contributed by atoms with Gasteiger partial charge in [-0.3, -0.25) is 0 Å². The van der Waals surface area contributed by atoms with Gasteiger partial charge in [-0.05, 0) is 48.3 Å². The Morgan fingerprint density at radius 3 is 2.83 bits per heavy atom. The highest BCUT2D eigenvalue weighted by atomic mass is 16.3. The van der Waals surface area contributed by atoms with Crippen LogP contribution in [0.1, 0.15) is 48.9 Å². The van der Waals surface area contributed by atoms with E-state index >= 15 is 0 Å². The summed E-state index contributed by atoms with van der Waals surface area (Å²) in [5.41, 5.74) is 4.77. The van der Waals surface area contributed by atoms with E-state index in [-0.39, 0.29) is 11.2 Å². The lowest BCUT2D eigenvalue weighted by Gasteiger charge is -2.34. The van der Waals surface area contributed by atoms with Crippen molar-refractivity contribution in [1.82, 2.24) is 0 Å². The Bertz CT molecular complexity index is 550. The van der Waals surface area contributed by atoms with E-state index in [9.17, 15) is 5.11 Å². The Morgan fingerprint density at radius 2 is 2.17 bits per heavy atom. The third-order valence-electron chi connectivity index (χ3n) is 4.01. The molecule has 0 fully saturated rings. The van der Waals surface area contributed by atoms with Crippen LogP contribution < -0.4 is 0 Å². The Kier molecular flexibility index (Phi) is 3.13. The minimum Gasteiger partial charge on any atom is -0.501 e. The number of aliphatic hydroxyl groups excluding tert-OH is 1. The second-order valence-corrected chi connectivity index (χ2v) is 5.63. The molecule has 0 saturated heterocycles. The molecule has 0 saturated carbocycles. The van der Waals surface area contributed by atoms with E-state index in [4.69, 9.17) is 5.39 Å². The van der Waals surface area contributed by atoms with Crippen molar-refractivity contribution in [2.24, 2.45) is 0 Å². The number of benzene rings is 1. The van der Waals surface area contributed by atoms with Crippen molar-refractivity contribution in [3.63, 3.8) is 0 Å². The summed E-state index contributed by atoms with van der Waals surface area (Å²) < 4.78 is 0. The van der Waals surface area contributed by atoms with E-state index < -0.39 is 0 Å². The fourth-order valence-electron chi connectivity index (χ4n) is 2.96. The van der Waals surface area contributed by atoms with Crippen LogP contribution in [0, 0.1) is 12.3 Å². The molecule has 1 aliphatic carbocycles. The molecular formula is C15H19N2O+. The highest BCUT2D eigenvalue weighted by Gasteiger charge is 2.29. The molecule has 0 atom stereocenters. The molecule has 1 aromatic rings. The van der Waals surface area contributed by atoms with E-state index in [0.29, 0.717) is 0 Å². The van der Waals surface area contributed by atoms with Crippen molar-refractivity contribution in [2.75, 3.05) is 0 Å². The number of rotatable bonds is 1. The summed E-state index contributed by atoms with van der Waals surface area (Å²) in [5, 5.41) is 18.3. The number of diazo groups is 1. The minimum atomic E-state index is 0.0150. The zero-order valence-electron chi connectivity index (χ0n) is 11.2. The Hall–Kier alpha value is -1.82. The first-order valence-electron chi connectivity index (χ1n) is 6.34. The predicted octanol–water partition coefficient (Wildman–Crippen LogP) is 4.32. The third kappa shape index (κ3) is 1.99. The second-order valence-electron chi connectivity index (χ2n) is 5.63. The van der Waals surface area contributed by atoms with E-state index in [1.807, 2.05) is 13.0 Å². The van der Waals surface area contributed by atoms with Crippen molar-refractivity contribution in [1.29, 1.82) is 5.39 Å². The summed E-state index contributed by atoms with van der Waals surface area (Å²) in [6, 6.07) is 4.01. The average Bonchev–Trinajstić information content (AvgIpc) is 2.30. The molecule has 3 heteroatoms. The van der Waals surface area contributed by atoms with Crippen LogP contribution in [0.2, 0.25) is 0 Å². The van der Waals surface area contributed by atoms with Crippen molar-refractivity contribution in [3.8, 4) is 0 Å². The van der Waals surface area contributed by atoms with Crippen molar-refractivity contribution < 1.29 is 5.11 Å². The number of hydrogen-bond acceptors (Lipinski definition) is 2. The Morgan fingerprint density at radius 1 is 1.44 bits per heavy atom. The lowest BCUT2D eigenvalue weighted by molar-refractivity contribution is 0.430. The minimum absolute atomic E-state index is 0.0150. The molecule has 3 nitrogen and oxygen atoms in total. The highest BCUT2D eigenvalue weighted by Crippen LogP contribution is 2.39. The molecule has 18 heavy (non-hydrogen) atoms. The zero-order chi connectivity index (χ0) is 13.3. The molecule has 2 rings (SSSR count). The topological polar surface area (TPSA) is 48.4 Å². The molecule has 1 aromatic carbocycles. The Balaban J connectivity index is 2.59. The first-order valence-corrected chi connectivity index (χ1v) is 6.34. The standard InChI is InChI=1S/C15H18N2O/c1-10-11-5-4-8-15(2,3)13(11)7-6-12(10)14(18)9-17-16/h6-7,9H,4-5,8H2,1-3H3/p+1/b14-9-. The van der Waals surface area contributed by atoms with Gasteiger partial charge in [0.1, 0.15) is 0 Å². The first-order chi connectivity index (χ1) is 8.47. The SMILES string of the molecule is Cc1c(/C(O)=C/[N+]#N)ccc2c1CCCC2(C)C. The maximum Gasteiger partial charge on any atom is 0.392 e. The third-order valence-corrected chi connectivity index (χ3v) is 4.01. The monoisotopic (exact) mass is 243 g/mol. The summed E-state index contributed by atoms with van der Waals surface area (Å²) in [4.78, 5) is 2.88. The predicted molar refractivity (Wildman–Crippen MR) is 72.8 cm³/mol. The van der Waals surface area contributed by atoms with Crippen molar-refractivity contribution >= 4 is 5.76 Å². The van der Waals surface area contributed by atoms with E-state index in [2.05, 4.69) is 24.9 Å². The highest BCUT2D eigenvalue weighted by molar-refractivity contribution is 5.65. The van der Waals surface area contributed by atoms with Crippen LogP contribution in [-0.4, -0.2) is 5.11 Å². The maximum atomic E-state index is 9.84. The van der Waals surface area contributed by atoms with Gasteiger partial charge in [0.15, 0.2) is 4.98 Å². The molecular weight excluding hydrogens is 224 g/mol. The lowest BCUT2D eigenvalue weighted by atomic mass is 9.71. The summed E-state index contributed by atoms with van der Waals surface area (Å²) in [6.07, 6.45) is 4.51. The molecule has 1 N–H and O–H groups in total. The van der Waals surface area contributed by atoms with E-state index in [1.165, 1.54) is 24.0 Å². The van der Waals surface area contributed by atoms with Gasteiger partial charge in [0, 0.05) is 5.56 Å². The largest absolute Gasteiger partial charge is 0.501 e. The first kappa shape index (κ1) is 12.6. The van der Waals surface area contributed by atoms with Crippen LogP contribution in [0.25, 0.3) is 10.7 Å². The van der Waals surface area contributed by atoms with Gasteiger partial charge in [-0.25, -0.2) is 0 Å². The molecule has 0 bridgehead atoms. The Labute approximate surface area is 108 Å². The number of nitrogens with zero attached hydrogens (tertiary/aromatic N) is 2. The molecule has 0 aliphatic heterocycles. The van der Waals surface area contributed by atoms with E-state index in [0.717, 1.165) is 23.7 Å². The number of aliphatic hydroxyl groups is 1. The summed E-state index contributed by atoms with van der Waals surface area (Å²) in [7, 11) is 0. The van der Waals surface area contributed by atoms with Crippen LogP contribution in [0.3, 0.4) is 0 Å². The molecule has 0 unspecified atom stereocenters. The molecule has 94 valence electrons. The lowest BCUT2D eigenvalue weighted by Crippen LogP contribution is -2.24. The van der Waals surface area contributed by atoms with Crippen molar-refractivity contribution in [3.05, 3.63) is 45.6 Å². The van der Waals surface area contributed by atoms with Crippen molar-refractivity contribution in [2.45, 2.75) is 45.4 Å². The van der Waals surface area contributed by atoms with Gasteiger partial charge in [-0.2, -0.15) is 0 Å². The summed E-state index contributed by atoms with van der Waals surface area (Å²) in [6.45, 7) is 6.56. The normalized spacial score (nSPS) is 18.0. The van der Waals surface area contributed by atoms with Gasteiger partial charge in [-0.15, -0.1) is 0 Å². The van der Waals surface area contributed by atoms with Gasteiger partial charge in [-0.1, -0.05) is 26.0 Å². The molecule has 0 aromatic heterocycles. The van der Waals surface area contributed by atoms with Gasteiger partial charge in [0.25, 0.3) is 0 Å². The number of hydrogen-bond donors (Lipinski definition) is 1. The molecule has 0 amide bonds. The van der Waals surface area contributed by atoms with Gasteiger partial charge in [0.2, 0.25) is 11.2 Å². The molecule has 0 radical (unpaired) electrons. The maximum absolute atomic E-state index is 9.84. The molecule has 0 heterocycles. The van der Waals surface area contributed by atoms with Crippen LogP contribution >= 0.6 is 0 Å². The van der Waals surface area contributed by atoms with Crippen LogP contribution in [-0.2, 0) is 11.8 Å².